The predicted octanol–water partition coefficient (Wildman–Crippen LogP) is 4.19. The molecule has 3 aromatic carbocycles. The van der Waals surface area contributed by atoms with Gasteiger partial charge in [0, 0.05) is 13.1 Å². The van der Waals surface area contributed by atoms with E-state index < -0.39 is 34.3 Å². The maximum Gasteiger partial charge on any atom is 0.264 e. The van der Waals surface area contributed by atoms with E-state index in [0.717, 1.165) is 33.1 Å². The lowest BCUT2D eigenvalue weighted by molar-refractivity contribution is -0.139. The van der Waals surface area contributed by atoms with Crippen LogP contribution in [0.25, 0.3) is 0 Å². The highest BCUT2D eigenvalue weighted by Gasteiger charge is 2.32. The Morgan fingerprint density at radius 1 is 0.892 bits per heavy atom. The van der Waals surface area contributed by atoms with Crippen molar-refractivity contribution in [1.29, 1.82) is 0 Å². The fourth-order valence-corrected chi connectivity index (χ4v) is 5.18. The van der Waals surface area contributed by atoms with E-state index in [2.05, 4.69) is 5.32 Å². The van der Waals surface area contributed by atoms with Crippen molar-refractivity contribution in [2.24, 2.45) is 0 Å². The zero-order valence-corrected chi connectivity index (χ0v) is 22.3. The van der Waals surface area contributed by atoms with Gasteiger partial charge in [-0.3, -0.25) is 13.9 Å². The van der Waals surface area contributed by atoms with E-state index in [4.69, 9.17) is 0 Å². The van der Waals surface area contributed by atoms with Crippen molar-refractivity contribution in [1.82, 2.24) is 10.2 Å². The Kier molecular flexibility index (Phi) is 9.04. The molecule has 0 aliphatic rings. The van der Waals surface area contributed by atoms with Crippen molar-refractivity contribution in [3.05, 3.63) is 95.3 Å². The van der Waals surface area contributed by atoms with Crippen molar-refractivity contribution in [3.8, 4) is 0 Å². The molecule has 1 atom stereocenters. The highest BCUT2D eigenvalue weighted by atomic mass is 32.2. The number of likely N-dealkylation sites (N-methyl/N-ethyl adjacent to an activating group) is 1. The van der Waals surface area contributed by atoms with Gasteiger partial charge in [-0.2, -0.15) is 0 Å². The molecule has 0 radical (unpaired) electrons. The monoisotopic (exact) mass is 525 g/mol. The van der Waals surface area contributed by atoms with Crippen LogP contribution >= 0.6 is 0 Å². The van der Waals surface area contributed by atoms with E-state index in [1.54, 1.807) is 26.0 Å². The van der Waals surface area contributed by atoms with Gasteiger partial charge in [0.05, 0.1) is 10.6 Å². The number of aryl methyl sites for hydroxylation is 2. The molecule has 196 valence electrons. The van der Waals surface area contributed by atoms with Crippen molar-refractivity contribution >= 4 is 27.5 Å². The highest BCUT2D eigenvalue weighted by Crippen LogP contribution is 2.25. The van der Waals surface area contributed by atoms with Gasteiger partial charge in [0.2, 0.25) is 11.8 Å². The van der Waals surface area contributed by atoms with Gasteiger partial charge in [-0.25, -0.2) is 12.8 Å². The van der Waals surface area contributed by atoms with Crippen LogP contribution in [-0.4, -0.2) is 44.3 Å². The van der Waals surface area contributed by atoms with E-state index >= 15 is 0 Å². The summed E-state index contributed by atoms with van der Waals surface area (Å²) in [7, 11) is -4.18. The molecule has 0 aliphatic heterocycles. The van der Waals surface area contributed by atoms with Crippen LogP contribution in [0.15, 0.2) is 77.7 Å². The Bertz CT molecular complexity index is 1330. The van der Waals surface area contributed by atoms with Gasteiger partial charge in [0.15, 0.2) is 0 Å². The number of carbonyl (C=O) groups is 2. The van der Waals surface area contributed by atoms with Crippen molar-refractivity contribution in [2.75, 3.05) is 17.4 Å². The smallest absolute Gasteiger partial charge is 0.264 e. The number of nitrogens with one attached hydrogen (secondary N) is 1. The van der Waals surface area contributed by atoms with Crippen molar-refractivity contribution in [3.63, 3.8) is 0 Å². The van der Waals surface area contributed by atoms with E-state index in [1.165, 1.54) is 29.2 Å². The molecule has 3 rings (SSSR count). The van der Waals surface area contributed by atoms with E-state index in [-0.39, 0.29) is 23.0 Å². The second kappa shape index (κ2) is 12.0. The van der Waals surface area contributed by atoms with Crippen LogP contribution in [0, 0.1) is 19.7 Å². The molecule has 7 nitrogen and oxygen atoms in total. The van der Waals surface area contributed by atoms with E-state index in [9.17, 15) is 22.4 Å². The molecule has 0 fully saturated rings. The molecule has 0 saturated heterocycles. The van der Waals surface area contributed by atoms with E-state index in [1.807, 2.05) is 38.1 Å². The number of sulfonamides is 1. The van der Waals surface area contributed by atoms with Gasteiger partial charge in [0.25, 0.3) is 10.0 Å². The molecule has 1 N–H and O–H groups in total. The third kappa shape index (κ3) is 6.95. The van der Waals surface area contributed by atoms with Gasteiger partial charge in [0.1, 0.15) is 18.4 Å². The lowest BCUT2D eigenvalue weighted by Crippen LogP contribution is -2.51. The molecular weight excluding hydrogens is 493 g/mol. The number of nitrogens with zero attached hydrogens (tertiary/aromatic N) is 2. The van der Waals surface area contributed by atoms with Gasteiger partial charge in [-0.15, -0.1) is 0 Å². The van der Waals surface area contributed by atoms with Crippen LogP contribution in [-0.2, 0) is 26.2 Å². The molecule has 3 aromatic rings. The fourth-order valence-electron chi connectivity index (χ4n) is 3.77. The second-order valence-electron chi connectivity index (χ2n) is 8.88. The first-order chi connectivity index (χ1) is 17.5. The topological polar surface area (TPSA) is 86.8 Å². The van der Waals surface area contributed by atoms with Gasteiger partial charge in [-0.1, -0.05) is 47.5 Å². The SMILES string of the molecule is CCNC(=O)C(C)N(Cc1ccc(C)cc1)C(=O)CN(c1ccc(F)cc1)S(=O)(=O)c1ccc(C)cc1. The average molecular weight is 526 g/mol. The normalized spacial score (nSPS) is 12.0. The van der Waals surface area contributed by atoms with Crippen molar-refractivity contribution in [2.45, 2.75) is 45.2 Å². The zero-order chi connectivity index (χ0) is 27.2. The quantitative estimate of drug-likeness (QED) is 0.430. The van der Waals surface area contributed by atoms with Crippen LogP contribution in [0.1, 0.15) is 30.5 Å². The minimum Gasteiger partial charge on any atom is -0.355 e. The van der Waals surface area contributed by atoms with Crippen LogP contribution in [0.5, 0.6) is 0 Å². The predicted molar refractivity (Wildman–Crippen MR) is 142 cm³/mol. The number of halogens is 1. The number of benzene rings is 3. The molecule has 0 bridgehead atoms. The molecule has 0 spiro atoms. The van der Waals surface area contributed by atoms with Crippen LogP contribution in [0.3, 0.4) is 0 Å². The first-order valence-corrected chi connectivity index (χ1v) is 13.4. The first-order valence-electron chi connectivity index (χ1n) is 12.0. The molecule has 37 heavy (non-hydrogen) atoms. The van der Waals surface area contributed by atoms with Crippen LogP contribution < -0.4 is 9.62 Å². The Morgan fingerprint density at radius 3 is 1.97 bits per heavy atom. The largest absolute Gasteiger partial charge is 0.355 e. The molecule has 0 aliphatic carbocycles. The van der Waals surface area contributed by atoms with E-state index in [0.29, 0.717) is 6.54 Å². The summed E-state index contributed by atoms with van der Waals surface area (Å²) >= 11 is 0. The molecule has 0 aromatic heterocycles. The van der Waals surface area contributed by atoms with Crippen LogP contribution in [0.4, 0.5) is 10.1 Å². The summed E-state index contributed by atoms with van der Waals surface area (Å²) in [6.07, 6.45) is 0. The van der Waals surface area contributed by atoms with Gasteiger partial charge < -0.3 is 10.2 Å². The van der Waals surface area contributed by atoms with Gasteiger partial charge in [-0.05, 0) is 69.7 Å². The molecule has 1 unspecified atom stereocenters. The summed E-state index contributed by atoms with van der Waals surface area (Å²) < 4.78 is 41.9. The number of carbonyl (C=O) groups excluding carboxylic acids is 2. The highest BCUT2D eigenvalue weighted by molar-refractivity contribution is 7.92. The summed E-state index contributed by atoms with van der Waals surface area (Å²) in [5.41, 5.74) is 2.86. The summed E-state index contributed by atoms with van der Waals surface area (Å²) in [5.74, 6) is -1.45. The molecule has 0 heterocycles. The Morgan fingerprint density at radius 2 is 1.43 bits per heavy atom. The fraction of sp³-hybridized carbons (Fsp3) is 0.286. The third-order valence-electron chi connectivity index (χ3n) is 5.99. The lowest BCUT2D eigenvalue weighted by Gasteiger charge is -2.32. The average Bonchev–Trinajstić information content (AvgIpc) is 2.87. The second-order valence-corrected chi connectivity index (χ2v) is 10.7. The maximum atomic E-state index is 13.7. The summed E-state index contributed by atoms with van der Waals surface area (Å²) in [6.45, 7) is 7.09. The standard InChI is InChI=1S/C28H32FN3O4S/c1-5-30-28(34)22(4)31(18-23-10-6-20(2)7-11-23)27(33)19-32(25-14-12-24(29)13-15-25)37(35,36)26-16-8-21(3)9-17-26/h6-17,22H,5,18-19H2,1-4H3,(H,30,34). The molecule has 9 heteroatoms. The lowest BCUT2D eigenvalue weighted by atomic mass is 10.1. The molecule has 2 amide bonds. The number of anilines is 1. The number of amides is 2. The summed E-state index contributed by atoms with van der Waals surface area (Å²) in [6, 6.07) is 17.8. The number of rotatable bonds is 10. The zero-order valence-electron chi connectivity index (χ0n) is 21.4. The summed E-state index contributed by atoms with van der Waals surface area (Å²) in [4.78, 5) is 27.8. The minimum atomic E-state index is -4.18. The summed E-state index contributed by atoms with van der Waals surface area (Å²) in [5, 5.41) is 2.72. The number of hydrogen-bond acceptors (Lipinski definition) is 4. The van der Waals surface area contributed by atoms with Crippen molar-refractivity contribution < 1.29 is 22.4 Å². The van der Waals surface area contributed by atoms with Crippen LogP contribution in [0.2, 0.25) is 0 Å². The number of hydrogen-bond donors (Lipinski definition) is 1. The minimum absolute atomic E-state index is 0.00270. The molecule has 0 saturated carbocycles. The maximum absolute atomic E-state index is 13.7. The van der Waals surface area contributed by atoms with Gasteiger partial charge >= 0.3 is 0 Å². The third-order valence-corrected chi connectivity index (χ3v) is 7.78. The Balaban J connectivity index is 2.01. The molecular formula is C28H32FN3O4S. The Hall–Kier alpha value is -3.72. The first kappa shape index (κ1) is 27.9. The Labute approximate surface area is 218 Å².